The van der Waals surface area contributed by atoms with E-state index < -0.39 is 0 Å². The van der Waals surface area contributed by atoms with E-state index in [9.17, 15) is 0 Å². The van der Waals surface area contributed by atoms with Gasteiger partial charge in [0.2, 0.25) is 0 Å². The van der Waals surface area contributed by atoms with E-state index in [1.165, 1.54) is 11.3 Å². The van der Waals surface area contributed by atoms with Crippen LogP contribution in [-0.2, 0) is 0 Å². The molecule has 3 rings (SSSR count). The Hall–Kier alpha value is -1.35. The molecular weight excluding hydrogens is 288 g/mol. The molecule has 3 heterocycles. The van der Waals surface area contributed by atoms with E-state index >= 15 is 0 Å². The van der Waals surface area contributed by atoms with Crippen LogP contribution in [0.15, 0.2) is 9.90 Å². The summed E-state index contributed by atoms with van der Waals surface area (Å²) in [6, 6.07) is 0.0806. The lowest BCUT2D eigenvalue weighted by Crippen LogP contribution is -2.45. The Balaban J connectivity index is 1.82. The third-order valence-electron chi connectivity index (χ3n) is 3.72. The molecule has 0 saturated carbocycles. The molecule has 2 aromatic heterocycles. The van der Waals surface area contributed by atoms with Gasteiger partial charge in [-0.05, 0) is 21.0 Å². The molecule has 7 nitrogen and oxygen atoms in total. The van der Waals surface area contributed by atoms with Crippen LogP contribution in [0.25, 0.3) is 11.6 Å². The molecule has 2 atom stereocenters. The second kappa shape index (κ2) is 5.80. The van der Waals surface area contributed by atoms with Gasteiger partial charge in [-0.15, -0.1) is 11.3 Å². The summed E-state index contributed by atoms with van der Waals surface area (Å²) in [6.45, 7) is 4.87. The Kier molecular flexibility index (Phi) is 4.03. The first-order chi connectivity index (χ1) is 10.0. The Bertz CT molecular complexity index is 609. The van der Waals surface area contributed by atoms with Crippen molar-refractivity contribution in [2.45, 2.75) is 19.0 Å². The van der Waals surface area contributed by atoms with E-state index in [1.54, 1.807) is 0 Å². The SMILES string of the molecule is CC(N)c1nc(-c2nc(C3CN(C)CCN3C)no2)cs1. The van der Waals surface area contributed by atoms with E-state index in [4.69, 9.17) is 10.3 Å². The van der Waals surface area contributed by atoms with E-state index in [0.717, 1.165) is 30.5 Å². The summed E-state index contributed by atoms with van der Waals surface area (Å²) in [5, 5.41) is 6.92. The summed E-state index contributed by atoms with van der Waals surface area (Å²) >= 11 is 1.52. The smallest absolute Gasteiger partial charge is 0.277 e. The van der Waals surface area contributed by atoms with Crippen molar-refractivity contribution >= 4 is 11.3 Å². The molecule has 0 bridgehead atoms. The molecule has 1 fully saturated rings. The number of likely N-dealkylation sites (N-methyl/N-ethyl adjacent to an activating group) is 2. The number of hydrogen-bond acceptors (Lipinski definition) is 8. The predicted octanol–water partition coefficient (Wildman–Crippen LogP) is 1.13. The van der Waals surface area contributed by atoms with Crippen molar-refractivity contribution in [1.82, 2.24) is 24.9 Å². The van der Waals surface area contributed by atoms with Gasteiger partial charge < -0.3 is 15.2 Å². The summed E-state index contributed by atoms with van der Waals surface area (Å²) in [5.74, 6) is 1.18. The maximum absolute atomic E-state index is 5.83. The minimum absolute atomic E-state index is 0.0794. The highest BCUT2D eigenvalue weighted by Gasteiger charge is 2.28. The van der Waals surface area contributed by atoms with Crippen LogP contribution >= 0.6 is 11.3 Å². The van der Waals surface area contributed by atoms with Crippen molar-refractivity contribution < 1.29 is 4.52 Å². The van der Waals surface area contributed by atoms with Crippen molar-refractivity contribution in [2.75, 3.05) is 33.7 Å². The standard InChI is InChI=1S/C13H20N6OS/c1-8(14)13-15-9(7-21-13)12-16-11(17-20-12)10-6-18(2)4-5-19(10)3/h7-8,10H,4-6,14H2,1-3H3. The molecule has 0 amide bonds. The second-order valence-corrected chi connectivity index (χ2v) is 6.47. The maximum atomic E-state index is 5.83. The third-order valence-corrected chi connectivity index (χ3v) is 4.77. The molecule has 114 valence electrons. The number of thiazole rings is 1. The molecule has 2 unspecified atom stereocenters. The lowest BCUT2D eigenvalue weighted by atomic mass is 10.2. The second-order valence-electron chi connectivity index (χ2n) is 5.58. The van der Waals surface area contributed by atoms with Gasteiger partial charge in [0.25, 0.3) is 5.89 Å². The summed E-state index contributed by atoms with van der Waals surface area (Å²) < 4.78 is 5.38. The number of piperazine rings is 1. The molecule has 0 aromatic carbocycles. The Labute approximate surface area is 127 Å². The van der Waals surface area contributed by atoms with Crippen molar-refractivity contribution in [3.05, 3.63) is 16.2 Å². The zero-order valence-corrected chi connectivity index (χ0v) is 13.3. The van der Waals surface area contributed by atoms with Crippen molar-refractivity contribution in [3.63, 3.8) is 0 Å². The molecule has 1 saturated heterocycles. The number of nitrogens with zero attached hydrogens (tertiary/aromatic N) is 5. The van der Waals surface area contributed by atoms with E-state index in [2.05, 4.69) is 39.0 Å². The summed E-state index contributed by atoms with van der Waals surface area (Å²) in [4.78, 5) is 13.5. The molecule has 8 heteroatoms. The molecule has 0 spiro atoms. The minimum Gasteiger partial charge on any atom is -0.332 e. The molecule has 21 heavy (non-hydrogen) atoms. The highest BCUT2D eigenvalue weighted by Crippen LogP contribution is 2.26. The molecular formula is C13H20N6OS. The van der Waals surface area contributed by atoms with Gasteiger partial charge in [0.05, 0.1) is 12.1 Å². The van der Waals surface area contributed by atoms with Gasteiger partial charge in [0.15, 0.2) is 5.82 Å². The van der Waals surface area contributed by atoms with E-state index in [-0.39, 0.29) is 12.1 Å². The average molecular weight is 308 g/mol. The third kappa shape index (κ3) is 2.98. The zero-order chi connectivity index (χ0) is 15.0. The average Bonchev–Trinajstić information content (AvgIpc) is 3.09. The Morgan fingerprint density at radius 2 is 2.19 bits per heavy atom. The summed E-state index contributed by atoms with van der Waals surface area (Å²) in [7, 11) is 4.20. The highest BCUT2D eigenvalue weighted by molar-refractivity contribution is 7.10. The predicted molar refractivity (Wildman–Crippen MR) is 80.9 cm³/mol. The topological polar surface area (TPSA) is 84.3 Å². The number of hydrogen-bond donors (Lipinski definition) is 1. The minimum atomic E-state index is -0.0794. The van der Waals surface area contributed by atoms with Crippen LogP contribution in [0.1, 0.15) is 29.8 Å². The highest BCUT2D eigenvalue weighted by atomic mass is 32.1. The van der Waals surface area contributed by atoms with Crippen molar-refractivity contribution in [3.8, 4) is 11.6 Å². The molecule has 1 aliphatic heterocycles. The fraction of sp³-hybridized carbons (Fsp3) is 0.615. The molecule has 2 N–H and O–H groups in total. The Morgan fingerprint density at radius 1 is 1.38 bits per heavy atom. The van der Waals surface area contributed by atoms with Crippen LogP contribution in [0, 0.1) is 0 Å². The number of nitrogens with two attached hydrogens (primary N) is 1. The normalized spacial score (nSPS) is 22.6. The van der Waals surface area contributed by atoms with Gasteiger partial charge in [-0.3, -0.25) is 4.90 Å². The van der Waals surface area contributed by atoms with Crippen molar-refractivity contribution in [2.24, 2.45) is 5.73 Å². The van der Waals surface area contributed by atoms with Crippen LogP contribution in [-0.4, -0.2) is 58.7 Å². The molecule has 2 aromatic rings. The van der Waals surface area contributed by atoms with Crippen LogP contribution < -0.4 is 5.73 Å². The summed E-state index contributed by atoms with van der Waals surface area (Å²) in [6.07, 6.45) is 0. The van der Waals surface area contributed by atoms with Crippen LogP contribution in [0.3, 0.4) is 0 Å². The first kappa shape index (κ1) is 14.6. The Morgan fingerprint density at radius 3 is 2.90 bits per heavy atom. The lowest BCUT2D eigenvalue weighted by molar-refractivity contribution is 0.108. The number of aromatic nitrogens is 3. The fourth-order valence-electron chi connectivity index (χ4n) is 2.36. The first-order valence-electron chi connectivity index (χ1n) is 6.98. The lowest BCUT2D eigenvalue weighted by Gasteiger charge is -2.35. The fourth-order valence-corrected chi connectivity index (χ4v) is 3.11. The van der Waals surface area contributed by atoms with E-state index in [1.807, 2.05) is 12.3 Å². The quantitative estimate of drug-likeness (QED) is 0.910. The van der Waals surface area contributed by atoms with Crippen LogP contribution in [0.4, 0.5) is 0 Å². The van der Waals surface area contributed by atoms with Crippen molar-refractivity contribution in [1.29, 1.82) is 0 Å². The monoisotopic (exact) mass is 308 g/mol. The van der Waals surface area contributed by atoms with Gasteiger partial charge in [0, 0.05) is 25.0 Å². The molecule has 1 aliphatic rings. The van der Waals surface area contributed by atoms with E-state index in [0.29, 0.717) is 11.6 Å². The van der Waals surface area contributed by atoms with Gasteiger partial charge >= 0.3 is 0 Å². The zero-order valence-electron chi connectivity index (χ0n) is 12.5. The largest absolute Gasteiger partial charge is 0.332 e. The molecule has 0 aliphatic carbocycles. The maximum Gasteiger partial charge on any atom is 0.277 e. The van der Waals surface area contributed by atoms with Crippen LogP contribution in [0.2, 0.25) is 0 Å². The van der Waals surface area contributed by atoms with Gasteiger partial charge in [-0.1, -0.05) is 5.16 Å². The molecule has 0 radical (unpaired) electrons. The van der Waals surface area contributed by atoms with Gasteiger partial charge in [-0.25, -0.2) is 4.98 Å². The van der Waals surface area contributed by atoms with Crippen LogP contribution in [0.5, 0.6) is 0 Å². The number of rotatable bonds is 3. The van der Waals surface area contributed by atoms with Gasteiger partial charge in [-0.2, -0.15) is 4.98 Å². The first-order valence-corrected chi connectivity index (χ1v) is 7.86. The summed E-state index contributed by atoms with van der Waals surface area (Å²) in [5.41, 5.74) is 6.54. The van der Waals surface area contributed by atoms with Gasteiger partial charge in [0.1, 0.15) is 10.7 Å².